The molecule has 0 amide bonds. The van der Waals surface area contributed by atoms with Crippen LogP contribution < -0.4 is 9.47 Å². The molecule has 0 N–H and O–H groups in total. The predicted octanol–water partition coefficient (Wildman–Crippen LogP) is 7.77. The Morgan fingerprint density at radius 3 is 1.84 bits per heavy atom. The van der Waals surface area contributed by atoms with Gasteiger partial charge < -0.3 is 18.9 Å². The van der Waals surface area contributed by atoms with Gasteiger partial charge in [0, 0.05) is 18.0 Å². The lowest BCUT2D eigenvalue weighted by molar-refractivity contribution is -0.152. The maximum atomic E-state index is 12.6. The zero-order chi connectivity index (χ0) is 31.6. The van der Waals surface area contributed by atoms with Crippen molar-refractivity contribution in [3.05, 3.63) is 72.1 Å². The fraction of sp³-hybridized carbons (Fsp3) is 0.457. The van der Waals surface area contributed by atoms with Gasteiger partial charge in [0.05, 0.1) is 24.3 Å². The van der Waals surface area contributed by atoms with Gasteiger partial charge in [-0.3, -0.25) is 0 Å². The first-order chi connectivity index (χ1) is 21.4. The molecule has 1 heterocycles. The minimum atomic E-state index is -1.03. The van der Waals surface area contributed by atoms with E-state index in [-0.39, 0.29) is 23.5 Å². The number of hydrogen-bond donors (Lipinski definition) is 0. The summed E-state index contributed by atoms with van der Waals surface area (Å²) in [4.78, 5) is 45.1. The van der Waals surface area contributed by atoms with Crippen LogP contribution in [0.25, 0.3) is 11.4 Å². The van der Waals surface area contributed by atoms with Crippen molar-refractivity contribution in [1.82, 2.24) is 9.97 Å². The van der Waals surface area contributed by atoms with Crippen molar-refractivity contribution in [3.63, 3.8) is 0 Å². The minimum absolute atomic E-state index is 0.178. The molecular weight excluding hydrogens is 560 g/mol. The van der Waals surface area contributed by atoms with Crippen LogP contribution >= 0.6 is 0 Å². The molecule has 9 heteroatoms. The second-order valence-corrected chi connectivity index (χ2v) is 10.6. The smallest absolute Gasteiger partial charge is 0.347 e. The number of benzene rings is 2. The van der Waals surface area contributed by atoms with Gasteiger partial charge in [-0.25, -0.2) is 24.4 Å². The van der Waals surface area contributed by atoms with Crippen LogP contribution in [0.2, 0.25) is 0 Å². The van der Waals surface area contributed by atoms with Crippen molar-refractivity contribution in [3.8, 4) is 22.9 Å². The van der Waals surface area contributed by atoms with Crippen LogP contribution in [0.4, 0.5) is 0 Å². The monoisotopic (exact) mass is 604 g/mol. The average Bonchev–Trinajstić information content (AvgIpc) is 3.04. The normalized spacial score (nSPS) is 11.4. The first-order valence-electron chi connectivity index (χ1n) is 15.7. The molecule has 0 unspecified atom stereocenters. The zero-order valence-electron chi connectivity index (χ0n) is 26.1. The van der Waals surface area contributed by atoms with Gasteiger partial charge in [-0.2, -0.15) is 0 Å². The van der Waals surface area contributed by atoms with Gasteiger partial charge in [-0.15, -0.1) is 0 Å². The fourth-order valence-electron chi connectivity index (χ4n) is 4.42. The molecule has 0 aliphatic rings. The second kappa shape index (κ2) is 19.1. The van der Waals surface area contributed by atoms with Gasteiger partial charge in [-0.1, -0.05) is 64.7 Å². The highest BCUT2D eigenvalue weighted by Crippen LogP contribution is 2.21. The Balaban J connectivity index is 1.39. The van der Waals surface area contributed by atoms with Crippen LogP contribution in [0.1, 0.15) is 106 Å². The quantitative estimate of drug-likeness (QED) is 0.0769. The van der Waals surface area contributed by atoms with Gasteiger partial charge in [0.1, 0.15) is 11.5 Å². The fourth-order valence-corrected chi connectivity index (χ4v) is 4.42. The summed E-state index contributed by atoms with van der Waals surface area (Å²) in [5.41, 5.74) is 1.18. The van der Waals surface area contributed by atoms with Gasteiger partial charge in [0.25, 0.3) is 0 Å². The zero-order valence-corrected chi connectivity index (χ0v) is 26.1. The molecule has 2 aromatic carbocycles. The summed E-state index contributed by atoms with van der Waals surface area (Å²) in [6.45, 7) is 6.24. The molecule has 1 atom stereocenters. The molecule has 0 saturated heterocycles. The summed E-state index contributed by atoms with van der Waals surface area (Å²) in [7, 11) is 0. The number of aromatic nitrogens is 2. The Morgan fingerprint density at radius 2 is 1.25 bits per heavy atom. The molecule has 0 bridgehead atoms. The lowest BCUT2D eigenvalue weighted by atomic mass is 10.1. The largest absolute Gasteiger partial charge is 0.494 e. The standard InChI is InChI=1S/C35H44N2O7/c1-4-6-7-8-9-10-11-12-13-14-23-42-30-19-15-27(16-20-30)32-36-24-29(25-37-32)35(40)44-31-21-17-28(18-22-31)34(39)43-26(3)33(38)41-5-2/h15-22,24-26H,4-14,23H2,1-3H3/t26-/m0/s1. The molecule has 236 valence electrons. The van der Waals surface area contributed by atoms with E-state index in [0.717, 1.165) is 17.7 Å². The number of carbonyl (C=O) groups is 3. The summed E-state index contributed by atoms with van der Waals surface area (Å²) in [5.74, 6) is -0.456. The summed E-state index contributed by atoms with van der Waals surface area (Å²) in [5, 5.41) is 0. The van der Waals surface area contributed by atoms with Gasteiger partial charge >= 0.3 is 17.9 Å². The second-order valence-electron chi connectivity index (χ2n) is 10.6. The van der Waals surface area contributed by atoms with Gasteiger partial charge in [-0.05, 0) is 68.8 Å². The Hall–Kier alpha value is -4.27. The summed E-state index contributed by atoms with van der Waals surface area (Å²) < 4.78 is 21.2. The Morgan fingerprint density at radius 1 is 0.682 bits per heavy atom. The number of unbranched alkanes of at least 4 members (excludes halogenated alkanes) is 9. The van der Waals surface area contributed by atoms with E-state index in [1.54, 1.807) is 6.92 Å². The van der Waals surface area contributed by atoms with Crippen molar-refractivity contribution in [2.75, 3.05) is 13.2 Å². The van der Waals surface area contributed by atoms with Crippen molar-refractivity contribution < 1.29 is 33.3 Å². The van der Waals surface area contributed by atoms with E-state index in [0.29, 0.717) is 12.4 Å². The minimum Gasteiger partial charge on any atom is -0.494 e. The number of carbonyl (C=O) groups excluding carboxylic acids is 3. The lowest BCUT2D eigenvalue weighted by Crippen LogP contribution is -2.26. The van der Waals surface area contributed by atoms with Crippen LogP contribution in [-0.2, 0) is 14.3 Å². The third-order valence-corrected chi connectivity index (χ3v) is 6.97. The van der Waals surface area contributed by atoms with Crippen LogP contribution in [0.5, 0.6) is 11.5 Å². The van der Waals surface area contributed by atoms with Crippen LogP contribution in [0.3, 0.4) is 0 Å². The van der Waals surface area contributed by atoms with Gasteiger partial charge in [0.2, 0.25) is 0 Å². The highest BCUT2D eigenvalue weighted by atomic mass is 16.6. The molecule has 0 aliphatic heterocycles. The highest BCUT2D eigenvalue weighted by Gasteiger charge is 2.20. The molecule has 0 saturated carbocycles. The van der Waals surface area contributed by atoms with Crippen LogP contribution in [-0.4, -0.2) is 47.2 Å². The van der Waals surface area contributed by atoms with E-state index in [1.807, 2.05) is 24.3 Å². The van der Waals surface area contributed by atoms with Crippen LogP contribution in [0.15, 0.2) is 60.9 Å². The Bertz CT molecular complexity index is 1290. The van der Waals surface area contributed by atoms with E-state index >= 15 is 0 Å². The van der Waals surface area contributed by atoms with E-state index in [2.05, 4.69) is 16.9 Å². The summed E-state index contributed by atoms with van der Waals surface area (Å²) >= 11 is 0. The first-order valence-corrected chi connectivity index (χ1v) is 15.7. The molecule has 0 radical (unpaired) electrons. The SMILES string of the molecule is CCCCCCCCCCCCOc1ccc(-c2ncc(C(=O)Oc3ccc(C(=O)O[C@@H](C)C(=O)OCC)cc3)cn2)cc1. The van der Waals surface area contributed by atoms with E-state index in [4.69, 9.17) is 18.9 Å². The summed E-state index contributed by atoms with van der Waals surface area (Å²) in [6.07, 6.45) is 14.7. The number of rotatable bonds is 19. The maximum Gasteiger partial charge on any atom is 0.347 e. The Labute approximate surface area is 260 Å². The van der Waals surface area contributed by atoms with E-state index < -0.39 is 24.0 Å². The highest BCUT2D eigenvalue weighted by molar-refractivity contribution is 5.92. The average molecular weight is 605 g/mol. The molecule has 0 aliphatic carbocycles. The van der Waals surface area contributed by atoms with Gasteiger partial charge in [0.15, 0.2) is 11.9 Å². The van der Waals surface area contributed by atoms with Crippen LogP contribution in [0, 0.1) is 0 Å². The molecule has 0 fully saturated rings. The third kappa shape index (κ3) is 11.8. The van der Waals surface area contributed by atoms with Crippen molar-refractivity contribution in [2.24, 2.45) is 0 Å². The first kappa shape index (κ1) is 34.2. The predicted molar refractivity (Wildman–Crippen MR) is 168 cm³/mol. The Kier molecular flexibility index (Phi) is 14.9. The number of esters is 3. The number of nitrogens with zero attached hydrogens (tertiary/aromatic N) is 2. The molecule has 3 aromatic rings. The molecule has 44 heavy (non-hydrogen) atoms. The molecule has 9 nitrogen and oxygen atoms in total. The molecule has 1 aromatic heterocycles. The molecule has 0 spiro atoms. The third-order valence-electron chi connectivity index (χ3n) is 6.97. The van der Waals surface area contributed by atoms with E-state index in [1.165, 1.54) is 101 Å². The molecule has 3 rings (SSSR count). The summed E-state index contributed by atoms with van der Waals surface area (Å²) in [6, 6.07) is 13.4. The van der Waals surface area contributed by atoms with Crippen molar-refractivity contribution in [1.29, 1.82) is 0 Å². The lowest BCUT2D eigenvalue weighted by Gasteiger charge is -2.12. The topological polar surface area (TPSA) is 114 Å². The van der Waals surface area contributed by atoms with Crippen molar-refractivity contribution in [2.45, 2.75) is 91.1 Å². The number of hydrogen-bond acceptors (Lipinski definition) is 9. The van der Waals surface area contributed by atoms with Crippen molar-refractivity contribution >= 4 is 17.9 Å². The maximum absolute atomic E-state index is 12.6. The van der Waals surface area contributed by atoms with E-state index in [9.17, 15) is 14.4 Å². The number of ether oxygens (including phenoxy) is 4. The molecular formula is C35H44N2O7.